The zero-order valence-corrected chi connectivity index (χ0v) is 18.8. The van der Waals surface area contributed by atoms with Crippen molar-refractivity contribution >= 4 is 36.8 Å². The molecule has 4 heterocycles. The second kappa shape index (κ2) is 9.25. The van der Waals surface area contributed by atoms with Crippen molar-refractivity contribution < 1.29 is 32.4 Å². The number of aromatic nitrogens is 4. The summed E-state index contributed by atoms with van der Waals surface area (Å²) in [6.45, 7) is 5.29. The molecule has 0 amide bonds. The molecule has 13 nitrogen and oxygen atoms in total. The summed E-state index contributed by atoms with van der Waals surface area (Å²) in [5.74, 6) is -0.716. The average Bonchev–Trinajstić information content (AvgIpc) is 3.33. The normalized spacial score (nSPS) is 24.9. The summed E-state index contributed by atoms with van der Waals surface area (Å²) in [6.07, 6.45) is 1.66. The van der Waals surface area contributed by atoms with Gasteiger partial charge in [-0.15, -0.1) is 0 Å². The van der Waals surface area contributed by atoms with Crippen LogP contribution in [0.2, 0.25) is 0 Å². The van der Waals surface area contributed by atoms with Gasteiger partial charge in [-0.1, -0.05) is 0 Å². The van der Waals surface area contributed by atoms with Gasteiger partial charge < -0.3 is 24.8 Å². The lowest BCUT2D eigenvalue weighted by molar-refractivity contribution is -0.154. The number of fused-ring (bicyclic) bond motifs is 1. The van der Waals surface area contributed by atoms with Crippen LogP contribution < -0.4 is 5.73 Å². The molecule has 3 atom stereocenters. The number of imidazole rings is 1. The highest BCUT2D eigenvalue weighted by Crippen LogP contribution is 2.47. The van der Waals surface area contributed by atoms with Crippen molar-refractivity contribution in [2.45, 2.75) is 32.0 Å². The lowest BCUT2D eigenvalue weighted by Gasteiger charge is -2.29. The Morgan fingerprint density at radius 2 is 2.16 bits per heavy atom. The van der Waals surface area contributed by atoms with Crippen LogP contribution in [0.15, 0.2) is 12.7 Å². The van der Waals surface area contributed by atoms with E-state index in [1.807, 2.05) is 0 Å². The largest absolute Gasteiger partial charge is 0.406 e. The topological polar surface area (TPSA) is 156 Å². The van der Waals surface area contributed by atoms with Crippen molar-refractivity contribution in [3.05, 3.63) is 12.7 Å². The smallest absolute Gasteiger partial charge is 0.382 e. The van der Waals surface area contributed by atoms with Crippen LogP contribution in [0, 0.1) is 0 Å². The van der Waals surface area contributed by atoms with Crippen LogP contribution in [0.3, 0.4) is 0 Å². The molecule has 3 N–H and O–H groups in total. The van der Waals surface area contributed by atoms with E-state index < -0.39 is 25.9 Å². The molecule has 15 heteroatoms. The van der Waals surface area contributed by atoms with Gasteiger partial charge in [0.25, 0.3) is 0 Å². The summed E-state index contributed by atoms with van der Waals surface area (Å²) < 4.78 is 43.4. The van der Waals surface area contributed by atoms with E-state index in [0.717, 1.165) is 12.0 Å². The minimum absolute atomic E-state index is 0.178. The van der Waals surface area contributed by atoms with Crippen molar-refractivity contribution in [2.75, 3.05) is 44.6 Å². The van der Waals surface area contributed by atoms with Gasteiger partial charge in [-0.05, 0) is 13.8 Å². The van der Waals surface area contributed by atoms with Gasteiger partial charge in [0.1, 0.15) is 23.9 Å². The van der Waals surface area contributed by atoms with Crippen LogP contribution in [0.1, 0.15) is 20.1 Å². The Morgan fingerprint density at radius 3 is 2.87 bits per heavy atom. The molecular weight excluding hydrogens is 451 g/mol. The first kappa shape index (κ1) is 22.8. The molecule has 0 aliphatic carbocycles. The summed E-state index contributed by atoms with van der Waals surface area (Å²) in [4.78, 5) is 22.6. The summed E-state index contributed by atoms with van der Waals surface area (Å²) >= 11 is 0.879. The van der Waals surface area contributed by atoms with Crippen molar-refractivity contribution in [1.29, 1.82) is 0 Å². The fraction of sp³-hybridized carbons (Fsp3) is 0.688. The molecule has 2 unspecified atom stereocenters. The predicted octanol–water partition coefficient (Wildman–Crippen LogP) is 1.13. The molecule has 0 saturated carbocycles. The van der Waals surface area contributed by atoms with Crippen LogP contribution in [-0.4, -0.2) is 79.8 Å². The van der Waals surface area contributed by atoms with E-state index in [2.05, 4.69) is 15.0 Å². The van der Waals surface area contributed by atoms with E-state index in [9.17, 15) is 9.46 Å². The number of hydrogen-bond acceptors (Lipinski definition) is 11. The first-order valence-corrected chi connectivity index (χ1v) is 12.0. The first-order valence-electron chi connectivity index (χ1n) is 9.60. The molecule has 2 fully saturated rings. The first-order chi connectivity index (χ1) is 14.8. The standard InChI is InChI=1S/C16H25N6O7PS/c1-16(2)26-7-11(28-16)15(22-9-20-12-13(17)18-8-19-14(12)22)29-31-10-27-30(23,24)21-3-5-25-6-4-21/h8-9,11,15H,3-7,10H2,1-2H3,(H,23,24)(H2,17,18,19)/t11-,15?/m0/s1. The second-order valence-electron chi connectivity index (χ2n) is 7.36. The van der Waals surface area contributed by atoms with E-state index in [4.69, 9.17) is 28.7 Å². The maximum absolute atomic E-state index is 12.4. The average molecular weight is 476 g/mol. The third-order valence-corrected chi connectivity index (χ3v) is 7.09. The highest BCUT2D eigenvalue weighted by atomic mass is 32.2. The number of ether oxygens (including phenoxy) is 3. The molecular formula is C16H25N6O7PS. The van der Waals surface area contributed by atoms with Gasteiger partial charge in [-0.25, -0.2) is 24.2 Å². The summed E-state index contributed by atoms with van der Waals surface area (Å²) in [7, 11) is -3.94. The Kier molecular flexibility index (Phi) is 6.82. The minimum Gasteiger partial charge on any atom is -0.382 e. The highest BCUT2D eigenvalue weighted by Gasteiger charge is 2.40. The van der Waals surface area contributed by atoms with E-state index in [-0.39, 0.29) is 18.4 Å². The zero-order chi connectivity index (χ0) is 22.1. The quantitative estimate of drug-likeness (QED) is 0.242. The molecule has 0 bridgehead atoms. The fourth-order valence-corrected chi connectivity index (χ4v) is 5.24. The molecule has 0 aromatic carbocycles. The molecule has 2 saturated heterocycles. The Hall–Kier alpha value is -1.35. The van der Waals surface area contributed by atoms with Crippen LogP contribution in [0.5, 0.6) is 0 Å². The molecule has 172 valence electrons. The lowest BCUT2D eigenvalue weighted by Crippen LogP contribution is -2.34. The molecule has 2 aromatic rings. The monoisotopic (exact) mass is 476 g/mol. The molecule has 2 aromatic heterocycles. The van der Waals surface area contributed by atoms with Crippen molar-refractivity contribution in [3.8, 4) is 0 Å². The molecule has 0 spiro atoms. The van der Waals surface area contributed by atoms with Crippen molar-refractivity contribution in [2.24, 2.45) is 0 Å². The van der Waals surface area contributed by atoms with Gasteiger partial charge in [0, 0.05) is 25.1 Å². The van der Waals surface area contributed by atoms with Gasteiger partial charge in [0.05, 0.1) is 26.1 Å². The summed E-state index contributed by atoms with van der Waals surface area (Å²) in [6, 6.07) is 0. The van der Waals surface area contributed by atoms with Gasteiger partial charge in [0.2, 0.25) is 0 Å². The minimum atomic E-state index is -3.94. The Morgan fingerprint density at radius 1 is 1.39 bits per heavy atom. The second-order valence-corrected chi connectivity index (χ2v) is 9.83. The number of rotatable bonds is 8. The Balaban J connectivity index is 1.45. The fourth-order valence-electron chi connectivity index (χ4n) is 3.28. The Labute approximate surface area is 183 Å². The molecule has 2 aliphatic heterocycles. The van der Waals surface area contributed by atoms with Crippen LogP contribution in [0.25, 0.3) is 11.2 Å². The van der Waals surface area contributed by atoms with E-state index in [1.165, 1.54) is 17.3 Å². The van der Waals surface area contributed by atoms with Gasteiger partial charge in [-0.3, -0.25) is 13.3 Å². The Bertz CT molecular complexity index is 956. The van der Waals surface area contributed by atoms with Crippen LogP contribution >= 0.6 is 19.8 Å². The van der Waals surface area contributed by atoms with Crippen molar-refractivity contribution in [3.63, 3.8) is 0 Å². The zero-order valence-electron chi connectivity index (χ0n) is 17.1. The summed E-state index contributed by atoms with van der Waals surface area (Å²) in [5, 5.41) is 0. The maximum atomic E-state index is 12.4. The third-order valence-electron chi connectivity index (χ3n) is 4.79. The predicted molar refractivity (Wildman–Crippen MR) is 111 cm³/mol. The molecule has 0 radical (unpaired) electrons. The number of hydrogen-bond donors (Lipinski definition) is 2. The molecule has 31 heavy (non-hydrogen) atoms. The van der Waals surface area contributed by atoms with E-state index in [1.54, 1.807) is 18.4 Å². The molecule has 2 aliphatic rings. The number of nitrogens with zero attached hydrogens (tertiary/aromatic N) is 5. The summed E-state index contributed by atoms with van der Waals surface area (Å²) in [5.41, 5.74) is 6.78. The van der Waals surface area contributed by atoms with Gasteiger partial charge >= 0.3 is 7.75 Å². The maximum Gasteiger partial charge on any atom is 0.406 e. The van der Waals surface area contributed by atoms with Gasteiger partial charge in [-0.2, -0.15) is 0 Å². The molecule has 4 rings (SSSR count). The highest BCUT2D eigenvalue weighted by molar-refractivity contribution is 7.94. The third kappa shape index (κ3) is 5.18. The van der Waals surface area contributed by atoms with Crippen molar-refractivity contribution in [1.82, 2.24) is 24.2 Å². The van der Waals surface area contributed by atoms with Crippen LogP contribution in [-0.2, 0) is 27.5 Å². The lowest BCUT2D eigenvalue weighted by atomic mass is 10.3. The van der Waals surface area contributed by atoms with E-state index >= 15 is 0 Å². The SMILES string of the molecule is CC1(C)OC[C@@H](C(OSCOP(=O)(O)N2CCOCC2)n2cnc3c(N)ncnc32)O1. The number of nitrogen functional groups attached to an aromatic ring is 1. The number of anilines is 1. The number of nitrogens with two attached hydrogens (primary N) is 1. The van der Waals surface area contributed by atoms with Crippen LogP contribution in [0.4, 0.5) is 5.82 Å². The number of morpholine rings is 1. The van der Waals surface area contributed by atoms with Gasteiger partial charge in [0.15, 0.2) is 23.5 Å². The van der Waals surface area contributed by atoms with E-state index in [0.29, 0.717) is 37.5 Å².